The van der Waals surface area contributed by atoms with E-state index in [0.29, 0.717) is 53.8 Å². The summed E-state index contributed by atoms with van der Waals surface area (Å²) in [6, 6.07) is -0.0459. The molecule has 0 aromatic carbocycles. The standard InChI is InChI=1S/C29H39N9O3/c1-5-18-10-12-19(13-11-18)14-38-23-25(31-17(3)20-8-7-9-20)33-27(24(30)32-29(40)41)34-26(23)35-28(38)37-16-22(39)36(4)15-21(37)6-2/h1,6,17-21H,2,7-16H2,3-4H3,(H2,30,32)(H,40,41)(H,31,33,34)/t17-,18-,19-,21-/m1/s1. The molecule has 2 atom stereocenters. The molecule has 0 bridgehead atoms. The second kappa shape index (κ2) is 11.8. The fourth-order valence-electron chi connectivity index (χ4n) is 6.12. The van der Waals surface area contributed by atoms with Crippen molar-refractivity contribution >= 4 is 40.8 Å². The van der Waals surface area contributed by atoms with E-state index in [4.69, 9.17) is 16.8 Å². The Morgan fingerprint density at radius 1 is 1.24 bits per heavy atom. The zero-order valence-electron chi connectivity index (χ0n) is 23.8. The number of fused-ring (bicyclic) bond motifs is 1. The smallest absolute Gasteiger partial charge is 0.410 e. The number of hydrogen-bond donors (Lipinski definition) is 4. The van der Waals surface area contributed by atoms with Gasteiger partial charge in [-0.25, -0.2) is 14.8 Å². The first-order valence-corrected chi connectivity index (χ1v) is 14.4. The van der Waals surface area contributed by atoms with Gasteiger partial charge in [-0.1, -0.05) is 12.5 Å². The van der Waals surface area contributed by atoms with Crippen molar-refractivity contribution in [3.05, 3.63) is 18.5 Å². The summed E-state index contributed by atoms with van der Waals surface area (Å²) in [5, 5.41) is 23.1. The average molecular weight is 562 g/mol. The quantitative estimate of drug-likeness (QED) is 0.166. The lowest BCUT2D eigenvalue weighted by atomic mass is 9.80. The highest BCUT2D eigenvalue weighted by molar-refractivity contribution is 6.03. The number of carbonyl (C=O) groups is 2. The van der Waals surface area contributed by atoms with E-state index in [2.05, 4.69) is 44.6 Å². The van der Waals surface area contributed by atoms with Gasteiger partial charge in [-0.15, -0.1) is 18.9 Å². The maximum atomic E-state index is 12.9. The van der Waals surface area contributed by atoms with E-state index in [1.54, 1.807) is 11.9 Å². The van der Waals surface area contributed by atoms with Gasteiger partial charge in [-0.2, -0.15) is 4.98 Å². The van der Waals surface area contributed by atoms with Crippen LogP contribution in [0.5, 0.6) is 0 Å². The van der Waals surface area contributed by atoms with Crippen LogP contribution >= 0.6 is 0 Å². The Morgan fingerprint density at radius 2 is 1.98 bits per heavy atom. The number of rotatable bonds is 8. The Balaban J connectivity index is 1.64. The Morgan fingerprint density at radius 3 is 2.59 bits per heavy atom. The Labute approximate surface area is 240 Å². The van der Waals surface area contributed by atoms with E-state index in [-0.39, 0.29) is 30.4 Å². The molecule has 12 heteroatoms. The highest BCUT2D eigenvalue weighted by atomic mass is 16.4. The lowest BCUT2D eigenvalue weighted by molar-refractivity contribution is -0.130. The number of carbonyl (C=O) groups excluding carboxylic acids is 1. The predicted octanol–water partition coefficient (Wildman–Crippen LogP) is 3.29. The molecule has 1 saturated heterocycles. The van der Waals surface area contributed by atoms with Crippen LogP contribution in [0.1, 0.15) is 57.7 Å². The summed E-state index contributed by atoms with van der Waals surface area (Å²) in [5.41, 5.74) is 1.03. The van der Waals surface area contributed by atoms with Crippen molar-refractivity contribution < 1.29 is 14.7 Å². The Kier molecular flexibility index (Phi) is 8.15. The molecule has 0 spiro atoms. The second-order valence-corrected chi connectivity index (χ2v) is 11.6. The van der Waals surface area contributed by atoms with Crippen molar-refractivity contribution in [1.82, 2.24) is 29.7 Å². The number of terminal acetylenes is 1. The molecule has 2 aliphatic carbocycles. The van der Waals surface area contributed by atoms with Crippen LogP contribution in [0.2, 0.25) is 0 Å². The minimum absolute atomic E-state index is 0.0209. The number of likely N-dealkylation sites (N-methyl/N-ethyl adjacent to an activating group) is 1. The number of anilines is 2. The highest BCUT2D eigenvalue weighted by Gasteiger charge is 2.35. The summed E-state index contributed by atoms with van der Waals surface area (Å²) >= 11 is 0. The number of amides is 2. The number of amidine groups is 1. The maximum Gasteiger partial charge on any atom is 0.410 e. The summed E-state index contributed by atoms with van der Waals surface area (Å²) in [6.45, 7) is 7.41. The minimum atomic E-state index is -1.37. The summed E-state index contributed by atoms with van der Waals surface area (Å²) in [6.07, 6.45) is 13.5. The van der Waals surface area contributed by atoms with Crippen LogP contribution < -0.4 is 15.5 Å². The van der Waals surface area contributed by atoms with Crippen molar-refractivity contribution in [3.63, 3.8) is 0 Å². The highest BCUT2D eigenvalue weighted by Crippen LogP contribution is 2.36. The van der Waals surface area contributed by atoms with Gasteiger partial charge >= 0.3 is 6.09 Å². The van der Waals surface area contributed by atoms with Crippen LogP contribution in [0.3, 0.4) is 0 Å². The molecule has 3 fully saturated rings. The summed E-state index contributed by atoms with van der Waals surface area (Å²) in [7, 11) is 1.78. The van der Waals surface area contributed by atoms with Gasteiger partial charge in [0.25, 0.3) is 0 Å². The van der Waals surface area contributed by atoms with Crippen molar-refractivity contribution in [1.29, 1.82) is 5.41 Å². The van der Waals surface area contributed by atoms with Crippen LogP contribution in [0.25, 0.3) is 11.2 Å². The third-order valence-corrected chi connectivity index (χ3v) is 8.90. The Hall–Kier alpha value is -4.14. The van der Waals surface area contributed by atoms with Crippen LogP contribution in [0.15, 0.2) is 12.7 Å². The van der Waals surface area contributed by atoms with Crippen LogP contribution in [0, 0.1) is 35.5 Å². The zero-order chi connectivity index (χ0) is 29.3. The Bertz CT molecular complexity index is 1380. The number of nitrogens with zero attached hydrogens (tertiary/aromatic N) is 6. The molecule has 2 aromatic heterocycles. The molecule has 2 amide bonds. The zero-order valence-corrected chi connectivity index (χ0v) is 23.8. The summed E-state index contributed by atoms with van der Waals surface area (Å²) < 4.78 is 2.11. The molecule has 4 N–H and O–H groups in total. The third kappa shape index (κ3) is 5.85. The normalized spacial score (nSPS) is 23.9. The van der Waals surface area contributed by atoms with E-state index >= 15 is 0 Å². The predicted molar refractivity (Wildman–Crippen MR) is 157 cm³/mol. The van der Waals surface area contributed by atoms with Crippen LogP contribution in [-0.2, 0) is 11.3 Å². The fraction of sp³-hybridized carbons (Fsp3) is 0.586. The van der Waals surface area contributed by atoms with E-state index in [1.807, 2.05) is 11.0 Å². The van der Waals surface area contributed by atoms with Crippen molar-refractivity contribution in [2.75, 3.05) is 30.4 Å². The first kappa shape index (κ1) is 28.4. The molecule has 0 radical (unpaired) electrons. The van der Waals surface area contributed by atoms with E-state index in [0.717, 1.165) is 38.5 Å². The molecule has 2 aromatic rings. The molecule has 41 heavy (non-hydrogen) atoms. The van der Waals surface area contributed by atoms with Gasteiger partial charge < -0.3 is 24.8 Å². The first-order valence-electron chi connectivity index (χ1n) is 14.4. The lowest BCUT2D eigenvalue weighted by Crippen LogP contribution is -2.55. The number of aromatic nitrogens is 4. The molecule has 12 nitrogen and oxygen atoms in total. The topological polar surface area (TPSA) is 152 Å². The van der Waals surface area contributed by atoms with E-state index < -0.39 is 11.9 Å². The van der Waals surface area contributed by atoms with Crippen LogP contribution in [-0.4, -0.2) is 79.6 Å². The van der Waals surface area contributed by atoms with Crippen molar-refractivity contribution in [3.8, 4) is 12.3 Å². The number of nitrogens with one attached hydrogen (secondary N) is 3. The minimum Gasteiger partial charge on any atom is -0.465 e. The summed E-state index contributed by atoms with van der Waals surface area (Å²) in [4.78, 5) is 42.0. The number of piperazine rings is 1. The van der Waals surface area contributed by atoms with E-state index in [1.165, 1.54) is 6.42 Å². The second-order valence-electron chi connectivity index (χ2n) is 11.6. The number of imidazole rings is 1. The van der Waals surface area contributed by atoms with Gasteiger partial charge in [-0.3, -0.25) is 15.5 Å². The maximum absolute atomic E-state index is 12.9. The molecular weight excluding hydrogens is 522 g/mol. The molecule has 1 aliphatic heterocycles. The van der Waals surface area contributed by atoms with E-state index in [9.17, 15) is 14.7 Å². The number of hydrogen-bond acceptors (Lipinski definition) is 8. The summed E-state index contributed by atoms with van der Waals surface area (Å²) in [5.74, 6) is 4.63. The lowest BCUT2D eigenvalue weighted by Gasteiger charge is -2.39. The molecule has 0 unspecified atom stereocenters. The largest absolute Gasteiger partial charge is 0.465 e. The third-order valence-electron chi connectivity index (χ3n) is 8.90. The molecular formula is C29H39N9O3. The van der Waals surface area contributed by atoms with Gasteiger partial charge in [0.05, 0.1) is 6.04 Å². The van der Waals surface area contributed by atoms with Gasteiger partial charge in [0, 0.05) is 32.1 Å². The monoisotopic (exact) mass is 561 g/mol. The van der Waals surface area contributed by atoms with Crippen molar-refractivity contribution in [2.24, 2.45) is 17.8 Å². The van der Waals surface area contributed by atoms with Gasteiger partial charge in [0.1, 0.15) is 12.1 Å². The first-order chi connectivity index (χ1) is 19.7. The molecule has 3 heterocycles. The molecule has 2 saturated carbocycles. The van der Waals surface area contributed by atoms with Gasteiger partial charge in [-0.05, 0) is 57.3 Å². The van der Waals surface area contributed by atoms with Gasteiger partial charge in [0.15, 0.2) is 23.1 Å². The fourth-order valence-corrected chi connectivity index (χ4v) is 6.12. The molecule has 218 valence electrons. The van der Waals surface area contributed by atoms with Crippen molar-refractivity contribution in [2.45, 2.75) is 70.5 Å². The van der Waals surface area contributed by atoms with Gasteiger partial charge in [0.2, 0.25) is 11.9 Å². The molecule has 5 rings (SSSR count). The van der Waals surface area contributed by atoms with Crippen LogP contribution in [0.4, 0.5) is 16.6 Å². The average Bonchev–Trinajstić information content (AvgIpc) is 3.27. The number of carboxylic acid groups (broad SMARTS) is 1. The molecule has 3 aliphatic rings. The SMILES string of the molecule is C#C[C@H]1CC[C@H](Cn2c(N3CC(=O)N(C)C[C@H]3C=C)nc3nc(C(=N)NC(=O)O)nc(N[C@H](C)C4CCC4)c32)CC1.